The molecule has 2 aromatic rings. The largest absolute Gasteiger partial charge is 0.478 e. The zero-order valence-electron chi connectivity index (χ0n) is 15.2. The van der Waals surface area contributed by atoms with E-state index in [1.807, 2.05) is 6.92 Å². The molecule has 6 nitrogen and oxygen atoms in total. The first-order chi connectivity index (χ1) is 12.2. The Bertz CT molecular complexity index is 785. The van der Waals surface area contributed by atoms with Gasteiger partial charge in [0.25, 0.3) is 0 Å². The first-order valence-corrected chi connectivity index (χ1v) is 8.12. The number of carbonyl (C=O) groups is 2. The number of aldehydes is 1. The van der Waals surface area contributed by atoms with Gasteiger partial charge < -0.3 is 9.47 Å². The standard InChI is InChI=1S/C19H21FN2O4/c1-5-25-17-9-8-15(11-21-17)22(18(24)26-19(2,3)4)14-7-6-13(12-23)16(20)10-14/h6-12H,5H2,1-4H3. The van der Waals surface area contributed by atoms with E-state index in [2.05, 4.69) is 4.98 Å². The molecule has 7 heteroatoms. The fourth-order valence-electron chi connectivity index (χ4n) is 2.16. The SMILES string of the molecule is CCOc1ccc(N(C(=O)OC(C)(C)C)c2ccc(C=O)c(F)c2)cn1. The first-order valence-electron chi connectivity index (χ1n) is 8.12. The number of anilines is 2. The number of ether oxygens (including phenoxy) is 2. The molecule has 26 heavy (non-hydrogen) atoms. The highest BCUT2D eigenvalue weighted by Crippen LogP contribution is 2.29. The number of hydrogen-bond donors (Lipinski definition) is 0. The number of hydrogen-bond acceptors (Lipinski definition) is 5. The molecule has 0 bridgehead atoms. The number of nitrogens with zero attached hydrogens (tertiary/aromatic N) is 2. The summed E-state index contributed by atoms with van der Waals surface area (Å²) in [6, 6.07) is 7.09. The molecular weight excluding hydrogens is 339 g/mol. The number of pyridine rings is 1. The molecule has 0 aliphatic rings. The fraction of sp³-hybridized carbons (Fsp3) is 0.316. The number of amides is 1. The molecule has 0 unspecified atom stereocenters. The van der Waals surface area contributed by atoms with Crippen molar-refractivity contribution < 1.29 is 23.5 Å². The average Bonchev–Trinajstić information content (AvgIpc) is 2.55. The highest BCUT2D eigenvalue weighted by atomic mass is 19.1. The van der Waals surface area contributed by atoms with Gasteiger partial charge in [-0.15, -0.1) is 0 Å². The van der Waals surface area contributed by atoms with Gasteiger partial charge in [-0.25, -0.2) is 19.1 Å². The van der Waals surface area contributed by atoms with E-state index in [4.69, 9.17) is 9.47 Å². The third-order valence-corrected chi connectivity index (χ3v) is 3.22. The predicted octanol–water partition coefficient (Wildman–Crippen LogP) is 4.51. The summed E-state index contributed by atoms with van der Waals surface area (Å²) < 4.78 is 24.8. The normalized spacial score (nSPS) is 11.0. The van der Waals surface area contributed by atoms with Crippen LogP contribution in [0.5, 0.6) is 5.88 Å². The molecule has 0 N–H and O–H groups in total. The Balaban J connectivity index is 2.46. The van der Waals surface area contributed by atoms with E-state index in [9.17, 15) is 14.0 Å². The van der Waals surface area contributed by atoms with Crippen LogP contribution in [0.1, 0.15) is 38.1 Å². The van der Waals surface area contributed by atoms with Crippen molar-refractivity contribution in [3.05, 3.63) is 47.9 Å². The highest BCUT2D eigenvalue weighted by Gasteiger charge is 2.26. The minimum Gasteiger partial charge on any atom is -0.478 e. The molecule has 0 aliphatic heterocycles. The van der Waals surface area contributed by atoms with Gasteiger partial charge in [0.2, 0.25) is 5.88 Å². The summed E-state index contributed by atoms with van der Waals surface area (Å²) in [5, 5.41) is 0. The second kappa shape index (κ2) is 7.95. The molecule has 0 spiro atoms. The minimum atomic E-state index is -0.741. The van der Waals surface area contributed by atoms with Crippen LogP contribution in [0, 0.1) is 5.82 Å². The Morgan fingerprint density at radius 2 is 1.92 bits per heavy atom. The van der Waals surface area contributed by atoms with Crippen molar-refractivity contribution in [2.75, 3.05) is 11.5 Å². The van der Waals surface area contributed by atoms with Crippen LogP contribution in [0.15, 0.2) is 36.5 Å². The molecule has 0 saturated carbocycles. The second-order valence-electron chi connectivity index (χ2n) is 6.43. The Morgan fingerprint density at radius 1 is 1.23 bits per heavy atom. The molecule has 0 fully saturated rings. The van der Waals surface area contributed by atoms with Crippen LogP contribution in [0.3, 0.4) is 0 Å². The fourth-order valence-corrected chi connectivity index (χ4v) is 2.16. The average molecular weight is 360 g/mol. The van der Waals surface area contributed by atoms with Crippen LogP contribution in [-0.2, 0) is 4.74 Å². The Labute approximate surface area is 151 Å². The molecule has 2 rings (SSSR count). The molecular formula is C19H21FN2O4. The van der Waals surface area contributed by atoms with Gasteiger partial charge in [-0.1, -0.05) is 0 Å². The monoisotopic (exact) mass is 360 g/mol. The van der Waals surface area contributed by atoms with Crippen LogP contribution in [0.4, 0.5) is 20.6 Å². The number of benzene rings is 1. The van der Waals surface area contributed by atoms with Crippen molar-refractivity contribution in [2.24, 2.45) is 0 Å². The molecule has 1 heterocycles. The van der Waals surface area contributed by atoms with Gasteiger partial charge >= 0.3 is 6.09 Å². The topological polar surface area (TPSA) is 68.7 Å². The zero-order valence-corrected chi connectivity index (χ0v) is 15.2. The van der Waals surface area contributed by atoms with E-state index < -0.39 is 17.5 Å². The zero-order chi connectivity index (χ0) is 19.3. The van der Waals surface area contributed by atoms with Gasteiger partial charge in [-0.2, -0.15) is 0 Å². The summed E-state index contributed by atoms with van der Waals surface area (Å²) in [5.41, 5.74) is -0.244. The van der Waals surface area contributed by atoms with Crippen LogP contribution in [-0.4, -0.2) is 29.6 Å². The molecule has 0 atom stereocenters. The summed E-state index contributed by atoms with van der Waals surface area (Å²) in [6.07, 6.45) is 1.15. The number of halogens is 1. The van der Waals surface area contributed by atoms with Crippen LogP contribution >= 0.6 is 0 Å². The van der Waals surface area contributed by atoms with Crippen molar-refractivity contribution in [1.29, 1.82) is 0 Å². The van der Waals surface area contributed by atoms with E-state index in [0.717, 1.165) is 6.07 Å². The van der Waals surface area contributed by atoms with Crippen molar-refractivity contribution in [2.45, 2.75) is 33.3 Å². The van der Waals surface area contributed by atoms with Crippen LogP contribution in [0.2, 0.25) is 0 Å². The van der Waals surface area contributed by atoms with E-state index in [1.54, 1.807) is 32.9 Å². The summed E-state index contributed by atoms with van der Waals surface area (Å²) >= 11 is 0. The Morgan fingerprint density at radius 3 is 2.42 bits per heavy atom. The van der Waals surface area contributed by atoms with Crippen LogP contribution in [0.25, 0.3) is 0 Å². The van der Waals surface area contributed by atoms with Gasteiger partial charge in [0.1, 0.15) is 11.4 Å². The second-order valence-corrected chi connectivity index (χ2v) is 6.43. The lowest BCUT2D eigenvalue weighted by atomic mass is 10.2. The molecule has 0 radical (unpaired) electrons. The summed E-state index contributed by atoms with van der Waals surface area (Å²) in [4.78, 5) is 28.8. The van der Waals surface area contributed by atoms with Gasteiger partial charge in [0, 0.05) is 6.07 Å². The maximum Gasteiger partial charge on any atom is 0.419 e. The number of carbonyl (C=O) groups excluding carboxylic acids is 2. The van der Waals surface area contributed by atoms with Crippen molar-refractivity contribution in [1.82, 2.24) is 4.98 Å². The van der Waals surface area contributed by atoms with E-state index in [-0.39, 0.29) is 11.3 Å². The Kier molecular flexibility index (Phi) is 5.92. The third-order valence-electron chi connectivity index (χ3n) is 3.22. The third kappa shape index (κ3) is 4.78. The number of aromatic nitrogens is 1. The molecule has 1 aromatic carbocycles. The summed E-state index contributed by atoms with van der Waals surface area (Å²) in [7, 11) is 0. The quantitative estimate of drug-likeness (QED) is 0.734. The molecule has 138 valence electrons. The first kappa shape index (κ1) is 19.4. The summed E-state index contributed by atoms with van der Waals surface area (Å²) in [5.74, 6) is -0.326. The maximum absolute atomic E-state index is 14.0. The van der Waals surface area contributed by atoms with E-state index in [1.165, 1.54) is 23.2 Å². The minimum absolute atomic E-state index is 0.0947. The number of rotatable bonds is 5. The van der Waals surface area contributed by atoms with Crippen molar-refractivity contribution in [3.63, 3.8) is 0 Å². The maximum atomic E-state index is 14.0. The van der Waals surface area contributed by atoms with Crippen LogP contribution < -0.4 is 9.64 Å². The molecule has 0 aliphatic carbocycles. The van der Waals surface area contributed by atoms with Crippen molar-refractivity contribution in [3.8, 4) is 5.88 Å². The lowest BCUT2D eigenvalue weighted by molar-refractivity contribution is 0.0599. The molecule has 1 amide bonds. The lowest BCUT2D eigenvalue weighted by Gasteiger charge is -2.27. The molecule has 0 saturated heterocycles. The van der Waals surface area contributed by atoms with E-state index in [0.29, 0.717) is 24.5 Å². The molecule has 1 aromatic heterocycles. The predicted molar refractivity (Wildman–Crippen MR) is 95.6 cm³/mol. The lowest BCUT2D eigenvalue weighted by Crippen LogP contribution is -2.34. The van der Waals surface area contributed by atoms with Gasteiger partial charge in [-0.05, 0) is 52.0 Å². The Hall–Kier alpha value is -2.96. The highest BCUT2D eigenvalue weighted by molar-refractivity contribution is 5.96. The van der Waals surface area contributed by atoms with Gasteiger partial charge in [-0.3, -0.25) is 4.79 Å². The van der Waals surface area contributed by atoms with Crippen molar-refractivity contribution >= 4 is 23.8 Å². The van der Waals surface area contributed by atoms with Gasteiger partial charge in [0.15, 0.2) is 6.29 Å². The smallest absolute Gasteiger partial charge is 0.419 e. The van der Waals surface area contributed by atoms with Gasteiger partial charge in [0.05, 0.1) is 29.7 Å². The van der Waals surface area contributed by atoms with E-state index >= 15 is 0 Å². The summed E-state index contributed by atoms with van der Waals surface area (Å²) in [6.45, 7) is 7.49.